The number of halogens is 2. The number of para-hydroxylation sites is 1. The average Bonchev–Trinajstić information content (AvgIpc) is 3.07. The van der Waals surface area contributed by atoms with Crippen LogP contribution in [0.2, 0.25) is 10.0 Å². The highest BCUT2D eigenvalue weighted by molar-refractivity contribution is 8.00. The Labute approximate surface area is 189 Å². The van der Waals surface area contributed by atoms with E-state index in [0.717, 1.165) is 11.1 Å². The van der Waals surface area contributed by atoms with Gasteiger partial charge in [0, 0.05) is 17.1 Å². The Bertz CT molecular complexity index is 1060. The van der Waals surface area contributed by atoms with Gasteiger partial charge in [-0.25, -0.2) is 0 Å². The molecule has 0 radical (unpaired) electrons. The third kappa shape index (κ3) is 4.91. The molecule has 0 aliphatic rings. The molecule has 0 fully saturated rings. The number of ether oxygens (including phenoxy) is 1. The van der Waals surface area contributed by atoms with Crippen molar-refractivity contribution in [1.29, 1.82) is 0 Å². The summed E-state index contributed by atoms with van der Waals surface area (Å²) in [4.78, 5) is 12.7. The first-order valence-corrected chi connectivity index (χ1v) is 10.9. The van der Waals surface area contributed by atoms with Gasteiger partial charge in [0.05, 0.1) is 24.0 Å². The molecular weight excluding hydrogens is 443 g/mol. The number of aromatic nitrogens is 3. The van der Waals surface area contributed by atoms with Crippen molar-refractivity contribution in [1.82, 2.24) is 20.1 Å². The lowest BCUT2D eigenvalue weighted by Gasteiger charge is -2.18. The van der Waals surface area contributed by atoms with Gasteiger partial charge >= 0.3 is 0 Å². The Morgan fingerprint density at radius 2 is 1.90 bits per heavy atom. The maximum absolute atomic E-state index is 12.7. The number of methoxy groups -OCH3 is 1. The van der Waals surface area contributed by atoms with Crippen LogP contribution < -0.4 is 10.1 Å². The third-order valence-corrected chi connectivity index (χ3v) is 6.32. The largest absolute Gasteiger partial charge is 0.496 e. The number of amides is 1. The molecule has 0 saturated carbocycles. The fraction of sp³-hybridized carbons (Fsp3) is 0.286. The molecule has 1 heterocycles. The molecule has 2 unspecified atom stereocenters. The van der Waals surface area contributed by atoms with Crippen molar-refractivity contribution in [3.8, 4) is 17.1 Å². The smallest absolute Gasteiger partial charge is 0.233 e. The summed E-state index contributed by atoms with van der Waals surface area (Å²) in [6.45, 7) is 3.71. The van der Waals surface area contributed by atoms with Crippen LogP contribution >= 0.6 is 35.0 Å². The molecule has 0 bridgehead atoms. The molecule has 0 aliphatic heterocycles. The quantitative estimate of drug-likeness (QED) is 0.489. The SMILES string of the molecule is COc1ccccc1-c1nnc(SC(C)C(=O)NC(C)c2ccc(Cl)cc2Cl)n1C. The van der Waals surface area contributed by atoms with E-state index in [1.807, 2.05) is 55.8 Å². The molecule has 0 saturated heterocycles. The number of nitrogens with one attached hydrogen (secondary N) is 1. The molecule has 2 aromatic carbocycles. The second-order valence-corrected chi connectivity index (χ2v) is 8.87. The van der Waals surface area contributed by atoms with Crippen molar-refractivity contribution < 1.29 is 9.53 Å². The number of hydrogen-bond donors (Lipinski definition) is 1. The summed E-state index contributed by atoms with van der Waals surface area (Å²) >= 11 is 13.5. The number of nitrogens with zero attached hydrogens (tertiary/aromatic N) is 3. The Kier molecular flexibility index (Phi) is 7.28. The molecule has 1 amide bonds. The second-order valence-electron chi connectivity index (χ2n) is 6.72. The fourth-order valence-electron chi connectivity index (χ4n) is 2.95. The van der Waals surface area contributed by atoms with E-state index in [0.29, 0.717) is 26.8 Å². The normalized spacial score (nSPS) is 13.0. The van der Waals surface area contributed by atoms with E-state index in [1.54, 1.807) is 19.2 Å². The van der Waals surface area contributed by atoms with Crippen LogP contribution in [-0.4, -0.2) is 33.0 Å². The van der Waals surface area contributed by atoms with Crippen molar-refractivity contribution in [2.24, 2.45) is 7.05 Å². The lowest BCUT2D eigenvalue weighted by Crippen LogP contribution is -2.33. The van der Waals surface area contributed by atoms with Crippen molar-refractivity contribution in [2.75, 3.05) is 7.11 Å². The molecule has 158 valence electrons. The van der Waals surface area contributed by atoms with Crippen molar-refractivity contribution in [3.05, 3.63) is 58.1 Å². The van der Waals surface area contributed by atoms with Crippen molar-refractivity contribution in [2.45, 2.75) is 30.3 Å². The molecule has 2 atom stereocenters. The van der Waals surface area contributed by atoms with E-state index in [2.05, 4.69) is 15.5 Å². The maximum Gasteiger partial charge on any atom is 0.233 e. The minimum Gasteiger partial charge on any atom is -0.496 e. The van der Waals surface area contributed by atoms with Gasteiger partial charge in [-0.2, -0.15) is 0 Å². The van der Waals surface area contributed by atoms with Gasteiger partial charge in [-0.3, -0.25) is 4.79 Å². The maximum atomic E-state index is 12.7. The van der Waals surface area contributed by atoms with Crippen LogP contribution in [0.5, 0.6) is 5.75 Å². The van der Waals surface area contributed by atoms with Gasteiger partial charge in [0.15, 0.2) is 11.0 Å². The monoisotopic (exact) mass is 464 g/mol. The predicted molar refractivity (Wildman–Crippen MR) is 121 cm³/mol. The molecule has 3 rings (SSSR count). The van der Waals surface area contributed by atoms with Crippen molar-refractivity contribution in [3.63, 3.8) is 0 Å². The van der Waals surface area contributed by atoms with Gasteiger partial charge in [-0.05, 0) is 43.7 Å². The van der Waals surface area contributed by atoms with Gasteiger partial charge < -0.3 is 14.6 Å². The van der Waals surface area contributed by atoms with Crippen LogP contribution in [0, 0.1) is 0 Å². The van der Waals surface area contributed by atoms with Crippen LogP contribution in [0.3, 0.4) is 0 Å². The Morgan fingerprint density at radius 1 is 1.17 bits per heavy atom. The van der Waals surface area contributed by atoms with Gasteiger partial charge in [0.1, 0.15) is 5.75 Å². The van der Waals surface area contributed by atoms with Crippen LogP contribution in [0.1, 0.15) is 25.5 Å². The van der Waals surface area contributed by atoms with E-state index in [9.17, 15) is 4.79 Å². The predicted octanol–water partition coefficient (Wildman–Crippen LogP) is 5.16. The Hall–Kier alpha value is -2.22. The third-order valence-electron chi connectivity index (χ3n) is 4.62. The lowest BCUT2D eigenvalue weighted by molar-refractivity contribution is -0.120. The van der Waals surface area contributed by atoms with Gasteiger partial charge in [-0.15, -0.1) is 10.2 Å². The summed E-state index contributed by atoms with van der Waals surface area (Å²) in [5.74, 6) is 1.26. The minimum atomic E-state index is -0.382. The molecule has 0 aliphatic carbocycles. The van der Waals surface area contributed by atoms with E-state index in [1.165, 1.54) is 11.8 Å². The zero-order chi connectivity index (χ0) is 21.8. The molecule has 1 aromatic heterocycles. The summed E-state index contributed by atoms with van der Waals surface area (Å²) in [5, 5.41) is 12.9. The van der Waals surface area contributed by atoms with E-state index in [-0.39, 0.29) is 17.2 Å². The molecule has 30 heavy (non-hydrogen) atoms. The zero-order valence-corrected chi connectivity index (χ0v) is 19.3. The van der Waals surface area contributed by atoms with Crippen LogP contribution in [0.4, 0.5) is 0 Å². The summed E-state index contributed by atoms with van der Waals surface area (Å²) < 4.78 is 7.27. The Morgan fingerprint density at radius 3 is 2.60 bits per heavy atom. The first-order chi connectivity index (χ1) is 14.3. The number of carbonyl (C=O) groups excluding carboxylic acids is 1. The second kappa shape index (κ2) is 9.73. The summed E-state index contributed by atoms with van der Waals surface area (Å²) in [6, 6.07) is 12.6. The van der Waals surface area contributed by atoms with Crippen LogP contribution in [0.15, 0.2) is 47.6 Å². The van der Waals surface area contributed by atoms with Gasteiger partial charge in [-0.1, -0.05) is 53.2 Å². The standard InChI is InChI=1S/C21H22Cl2N4O2S/c1-12(15-10-9-14(22)11-17(15)23)24-20(28)13(2)30-21-26-25-19(27(21)3)16-7-5-6-8-18(16)29-4/h5-13H,1-4H3,(H,24,28). The van der Waals surface area contributed by atoms with Crippen LogP contribution in [-0.2, 0) is 11.8 Å². The topological polar surface area (TPSA) is 69.0 Å². The zero-order valence-electron chi connectivity index (χ0n) is 17.0. The molecule has 3 aromatic rings. The highest BCUT2D eigenvalue weighted by Crippen LogP contribution is 2.31. The number of benzene rings is 2. The number of hydrogen-bond acceptors (Lipinski definition) is 5. The van der Waals surface area contributed by atoms with E-state index < -0.39 is 0 Å². The summed E-state index contributed by atoms with van der Waals surface area (Å²) in [5.41, 5.74) is 1.65. The molecule has 9 heteroatoms. The number of rotatable bonds is 7. The van der Waals surface area contributed by atoms with E-state index in [4.69, 9.17) is 27.9 Å². The van der Waals surface area contributed by atoms with Crippen LogP contribution in [0.25, 0.3) is 11.4 Å². The average molecular weight is 465 g/mol. The van der Waals surface area contributed by atoms with Crippen molar-refractivity contribution >= 4 is 40.9 Å². The lowest BCUT2D eigenvalue weighted by atomic mass is 10.1. The highest BCUT2D eigenvalue weighted by atomic mass is 35.5. The van der Waals surface area contributed by atoms with Gasteiger partial charge in [0.2, 0.25) is 5.91 Å². The molecule has 6 nitrogen and oxygen atoms in total. The Balaban J connectivity index is 1.71. The number of carbonyl (C=O) groups is 1. The fourth-order valence-corrected chi connectivity index (χ4v) is 4.35. The highest BCUT2D eigenvalue weighted by Gasteiger charge is 2.22. The molecule has 1 N–H and O–H groups in total. The van der Waals surface area contributed by atoms with Gasteiger partial charge in [0.25, 0.3) is 0 Å². The summed E-state index contributed by atoms with van der Waals surface area (Å²) in [6.07, 6.45) is 0. The first kappa shape index (κ1) is 22.5. The number of thioether (sulfide) groups is 1. The summed E-state index contributed by atoms with van der Waals surface area (Å²) in [7, 11) is 3.48. The molecular formula is C21H22Cl2N4O2S. The first-order valence-electron chi connectivity index (χ1n) is 9.26. The molecule has 0 spiro atoms. The van der Waals surface area contributed by atoms with E-state index >= 15 is 0 Å². The minimum absolute atomic E-state index is 0.125.